The minimum Gasteiger partial charge on any atom is -0.497 e. The number of aromatic nitrogens is 2. The molecule has 2 aromatic carbocycles. The lowest BCUT2D eigenvalue weighted by Crippen LogP contribution is -2.38. The van der Waals surface area contributed by atoms with Crippen molar-refractivity contribution in [1.82, 2.24) is 20.4 Å². The molecule has 1 atom stereocenters. The number of ether oxygens (including phenoxy) is 1. The van der Waals surface area contributed by atoms with Crippen molar-refractivity contribution >= 4 is 5.91 Å². The SMILES string of the molecule is CCN(CC)C(CNC(=O)CCc1nnc(-c2ccccc2)o1)c1cccc(OC)c1. The maximum Gasteiger partial charge on any atom is 0.247 e. The molecule has 0 saturated heterocycles. The van der Waals surface area contributed by atoms with Crippen molar-refractivity contribution in [3.63, 3.8) is 0 Å². The fraction of sp³-hybridized carbons (Fsp3) is 0.375. The van der Waals surface area contributed by atoms with E-state index in [0.717, 1.165) is 30.0 Å². The lowest BCUT2D eigenvalue weighted by molar-refractivity contribution is -0.121. The first-order chi connectivity index (χ1) is 15.1. The van der Waals surface area contributed by atoms with E-state index >= 15 is 0 Å². The standard InChI is InChI=1S/C24H30N4O3/c1-4-28(5-2)21(19-12-9-13-20(16-19)30-3)17-25-22(29)14-15-23-26-27-24(31-23)18-10-7-6-8-11-18/h6-13,16,21H,4-5,14-15,17H2,1-3H3,(H,25,29). The first kappa shape index (κ1) is 22.5. The number of nitrogens with one attached hydrogen (secondary N) is 1. The molecule has 0 spiro atoms. The number of likely N-dealkylation sites (N-methyl/N-ethyl adjacent to an activating group) is 1. The topological polar surface area (TPSA) is 80.5 Å². The Morgan fingerprint density at radius 3 is 2.58 bits per heavy atom. The molecule has 1 unspecified atom stereocenters. The second kappa shape index (κ2) is 11.3. The second-order valence-corrected chi connectivity index (χ2v) is 7.18. The van der Waals surface area contributed by atoms with Crippen LogP contribution in [0.5, 0.6) is 5.75 Å². The number of carbonyl (C=O) groups excluding carboxylic acids is 1. The molecule has 7 nitrogen and oxygen atoms in total. The second-order valence-electron chi connectivity index (χ2n) is 7.18. The van der Waals surface area contributed by atoms with Crippen LogP contribution in [0.2, 0.25) is 0 Å². The van der Waals surface area contributed by atoms with Gasteiger partial charge in [0.15, 0.2) is 0 Å². The van der Waals surface area contributed by atoms with Crippen LogP contribution in [0.1, 0.15) is 37.8 Å². The third-order valence-electron chi connectivity index (χ3n) is 5.28. The summed E-state index contributed by atoms with van der Waals surface area (Å²) in [7, 11) is 1.66. The van der Waals surface area contributed by atoms with Gasteiger partial charge in [-0.3, -0.25) is 9.69 Å². The summed E-state index contributed by atoms with van der Waals surface area (Å²) in [6.45, 7) is 6.54. The van der Waals surface area contributed by atoms with Crippen LogP contribution in [0.4, 0.5) is 0 Å². The van der Waals surface area contributed by atoms with Gasteiger partial charge in [-0.25, -0.2) is 0 Å². The molecule has 0 radical (unpaired) electrons. The van der Waals surface area contributed by atoms with Gasteiger partial charge < -0.3 is 14.5 Å². The maximum absolute atomic E-state index is 12.5. The van der Waals surface area contributed by atoms with Gasteiger partial charge in [0, 0.05) is 24.9 Å². The van der Waals surface area contributed by atoms with Crippen LogP contribution in [0.25, 0.3) is 11.5 Å². The number of nitrogens with zero attached hydrogens (tertiary/aromatic N) is 3. The van der Waals surface area contributed by atoms with Crippen molar-refractivity contribution < 1.29 is 13.9 Å². The molecule has 1 amide bonds. The van der Waals surface area contributed by atoms with Crippen molar-refractivity contribution in [2.24, 2.45) is 0 Å². The van der Waals surface area contributed by atoms with Crippen LogP contribution in [-0.2, 0) is 11.2 Å². The quantitative estimate of drug-likeness (QED) is 0.505. The van der Waals surface area contributed by atoms with Gasteiger partial charge in [-0.15, -0.1) is 10.2 Å². The van der Waals surface area contributed by atoms with Gasteiger partial charge in [-0.05, 0) is 42.9 Å². The van der Waals surface area contributed by atoms with Crippen molar-refractivity contribution in [2.75, 3.05) is 26.7 Å². The molecule has 3 rings (SSSR count). The summed E-state index contributed by atoms with van der Waals surface area (Å²) in [5.41, 5.74) is 1.99. The highest BCUT2D eigenvalue weighted by Crippen LogP contribution is 2.24. The Morgan fingerprint density at radius 1 is 1.10 bits per heavy atom. The van der Waals surface area contributed by atoms with Crippen LogP contribution in [0.3, 0.4) is 0 Å². The largest absolute Gasteiger partial charge is 0.497 e. The van der Waals surface area contributed by atoms with Crippen molar-refractivity contribution in [1.29, 1.82) is 0 Å². The highest BCUT2D eigenvalue weighted by molar-refractivity contribution is 5.76. The third kappa shape index (κ3) is 6.15. The number of rotatable bonds is 11. The molecular formula is C24H30N4O3. The van der Waals surface area contributed by atoms with Gasteiger partial charge in [0.05, 0.1) is 13.2 Å². The number of carbonyl (C=O) groups is 1. The predicted octanol–water partition coefficient (Wildman–Crippen LogP) is 3.88. The van der Waals surface area contributed by atoms with Crippen LogP contribution < -0.4 is 10.1 Å². The van der Waals surface area contributed by atoms with Gasteiger partial charge in [0.2, 0.25) is 17.7 Å². The normalized spacial score (nSPS) is 12.0. The lowest BCUT2D eigenvalue weighted by Gasteiger charge is -2.30. The monoisotopic (exact) mass is 422 g/mol. The van der Waals surface area contributed by atoms with Gasteiger partial charge in [0.1, 0.15) is 5.75 Å². The maximum atomic E-state index is 12.5. The van der Waals surface area contributed by atoms with Gasteiger partial charge in [0.25, 0.3) is 0 Å². The van der Waals surface area contributed by atoms with E-state index in [0.29, 0.717) is 31.2 Å². The Labute approximate surface area is 183 Å². The number of hydrogen-bond acceptors (Lipinski definition) is 6. The zero-order chi connectivity index (χ0) is 22.1. The minimum absolute atomic E-state index is 0.0421. The first-order valence-corrected chi connectivity index (χ1v) is 10.7. The number of amides is 1. The molecule has 0 aliphatic rings. The molecular weight excluding hydrogens is 392 g/mol. The van der Waals surface area contributed by atoms with Gasteiger partial charge >= 0.3 is 0 Å². The molecule has 1 aromatic heterocycles. The Bertz CT molecular complexity index is 954. The predicted molar refractivity (Wildman–Crippen MR) is 120 cm³/mol. The summed E-state index contributed by atoms with van der Waals surface area (Å²) in [5.74, 6) is 1.70. The van der Waals surface area contributed by atoms with E-state index in [2.05, 4.69) is 40.3 Å². The average Bonchev–Trinajstić information content (AvgIpc) is 3.30. The van der Waals surface area contributed by atoms with Crippen molar-refractivity contribution in [2.45, 2.75) is 32.7 Å². The molecule has 0 aliphatic carbocycles. The van der Waals surface area contributed by atoms with Crippen LogP contribution in [0.15, 0.2) is 59.0 Å². The molecule has 0 bridgehead atoms. The highest BCUT2D eigenvalue weighted by atomic mass is 16.5. The van der Waals surface area contributed by atoms with E-state index < -0.39 is 0 Å². The van der Waals surface area contributed by atoms with Crippen molar-refractivity contribution in [3.05, 3.63) is 66.1 Å². The number of benzene rings is 2. The Hall–Kier alpha value is -3.19. The van der Waals surface area contributed by atoms with E-state index in [1.807, 2.05) is 48.5 Å². The summed E-state index contributed by atoms with van der Waals surface area (Å²) in [6.07, 6.45) is 0.695. The van der Waals surface area contributed by atoms with E-state index in [1.165, 1.54) is 0 Å². The Morgan fingerprint density at radius 2 is 1.87 bits per heavy atom. The third-order valence-corrected chi connectivity index (χ3v) is 5.28. The fourth-order valence-electron chi connectivity index (χ4n) is 3.54. The van der Waals surface area contributed by atoms with Gasteiger partial charge in [-0.1, -0.05) is 44.2 Å². The molecule has 3 aromatic rings. The molecule has 1 heterocycles. The van der Waals surface area contributed by atoms with E-state index in [-0.39, 0.29) is 11.9 Å². The zero-order valence-electron chi connectivity index (χ0n) is 18.4. The summed E-state index contributed by atoms with van der Waals surface area (Å²) < 4.78 is 11.1. The molecule has 0 fully saturated rings. The Kier molecular flexibility index (Phi) is 8.18. The zero-order valence-corrected chi connectivity index (χ0v) is 18.4. The fourth-order valence-corrected chi connectivity index (χ4v) is 3.54. The molecule has 7 heteroatoms. The van der Waals surface area contributed by atoms with Crippen molar-refractivity contribution in [3.8, 4) is 17.2 Å². The summed E-state index contributed by atoms with van der Waals surface area (Å²) in [4.78, 5) is 14.8. The number of methoxy groups -OCH3 is 1. The highest BCUT2D eigenvalue weighted by Gasteiger charge is 2.20. The summed E-state index contributed by atoms with van der Waals surface area (Å²) in [5, 5.41) is 11.2. The molecule has 0 aliphatic heterocycles. The first-order valence-electron chi connectivity index (χ1n) is 10.7. The van der Waals surface area contributed by atoms with E-state index in [4.69, 9.17) is 9.15 Å². The molecule has 0 saturated carbocycles. The average molecular weight is 423 g/mol. The smallest absolute Gasteiger partial charge is 0.247 e. The lowest BCUT2D eigenvalue weighted by atomic mass is 10.0. The Balaban J connectivity index is 1.57. The van der Waals surface area contributed by atoms with Crippen LogP contribution >= 0.6 is 0 Å². The van der Waals surface area contributed by atoms with Crippen LogP contribution in [0, 0.1) is 0 Å². The number of aryl methyl sites for hydroxylation is 1. The molecule has 31 heavy (non-hydrogen) atoms. The van der Waals surface area contributed by atoms with E-state index in [9.17, 15) is 4.79 Å². The minimum atomic E-state index is -0.0421. The van der Waals surface area contributed by atoms with Gasteiger partial charge in [-0.2, -0.15) is 0 Å². The number of hydrogen-bond donors (Lipinski definition) is 1. The molecule has 1 N–H and O–H groups in total. The summed E-state index contributed by atoms with van der Waals surface area (Å²) in [6, 6.07) is 17.7. The van der Waals surface area contributed by atoms with E-state index in [1.54, 1.807) is 7.11 Å². The van der Waals surface area contributed by atoms with Crippen LogP contribution in [-0.4, -0.2) is 47.7 Å². The summed E-state index contributed by atoms with van der Waals surface area (Å²) >= 11 is 0. The molecule has 164 valence electrons.